The van der Waals surface area contributed by atoms with Gasteiger partial charge in [-0.05, 0) is 85.9 Å². The SMILES string of the molecule is CC(C)CCC[C@@H](C)C1CCC2C3CC[C@@]4(O)C[C@@H]5O[C@@H]5CC4(C)C3CCC21C. The first-order chi connectivity index (χ1) is 13.7. The van der Waals surface area contributed by atoms with E-state index in [1.165, 1.54) is 51.4 Å². The zero-order valence-electron chi connectivity index (χ0n) is 19.8. The van der Waals surface area contributed by atoms with E-state index in [9.17, 15) is 5.11 Å². The summed E-state index contributed by atoms with van der Waals surface area (Å²) in [6, 6.07) is 0. The average Bonchev–Trinajstić information content (AvgIpc) is 3.26. The fraction of sp³-hybridized carbons (Fsp3) is 1.00. The van der Waals surface area contributed by atoms with Gasteiger partial charge in [0.05, 0.1) is 17.8 Å². The van der Waals surface area contributed by atoms with Gasteiger partial charge in [-0.25, -0.2) is 0 Å². The lowest BCUT2D eigenvalue weighted by molar-refractivity contribution is -0.200. The van der Waals surface area contributed by atoms with E-state index in [4.69, 9.17) is 4.74 Å². The number of hydrogen-bond acceptors (Lipinski definition) is 2. The molecule has 4 saturated carbocycles. The van der Waals surface area contributed by atoms with Crippen molar-refractivity contribution in [2.45, 2.75) is 123 Å². The molecule has 2 heteroatoms. The van der Waals surface area contributed by atoms with Crippen LogP contribution in [0.4, 0.5) is 0 Å². The molecule has 5 fully saturated rings. The van der Waals surface area contributed by atoms with Crippen LogP contribution < -0.4 is 0 Å². The zero-order chi connectivity index (χ0) is 20.6. The quantitative estimate of drug-likeness (QED) is 0.525. The van der Waals surface area contributed by atoms with Crippen LogP contribution in [0.5, 0.6) is 0 Å². The van der Waals surface area contributed by atoms with Crippen LogP contribution in [-0.2, 0) is 4.74 Å². The summed E-state index contributed by atoms with van der Waals surface area (Å²) in [5.74, 6) is 5.12. The van der Waals surface area contributed by atoms with Crippen molar-refractivity contribution < 1.29 is 9.84 Å². The average molecular weight is 403 g/mol. The first-order valence-electron chi connectivity index (χ1n) is 13.1. The first-order valence-corrected chi connectivity index (χ1v) is 13.1. The third-order valence-corrected chi connectivity index (χ3v) is 11.3. The summed E-state index contributed by atoms with van der Waals surface area (Å²) < 4.78 is 5.93. The summed E-state index contributed by atoms with van der Waals surface area (Å²) in [6.45, 7) is 12.4. The molecule has 1 N–H and O–H groups in total. The van der Waals surface area contributed by atoms with E-state index < -0.39 is 5.60 Å². The Balaban J connectivity index is 1.32. The summed E-state index contributed by atoms with van der Waals surface area (Å²) in [5, 5.41) is 11.7. The lowest BCUT2D eigenvalue weighted by atomic mass is 9.43. The van der Waals surface area contributed by atoms with Gasteiger partial charge in [0.15, 0.2) is 0 Å². The molecule has 5 rings (SSSR count). The summed E-state index contributed by atoms with van der Waals surface area (Å²) in [5.41, 5.74) is 0.190. The molecule has 0 bridgehead atoms. The second kappa shape index (κ2) is 6.96. The minimum absolute atomic E-state index is 0.0931. The van der Waals surface area contributed by atoms with Crippen LogP contribution in [0.25, 0.3) is 0 Å². The van der Waals surface area contributed by atoms with Crippen LogP contribution in [0.2, 0.25) is 0 Å². The number of aliphatic hydroxyl groups is 1. The highest BCUT2D eigenvalue weighted by atomic mass is 16.6. The van der Waals surface area contributed by atoms with Crippen molar-refractivity contribution in [2.75, 3.05) is 0 Å². The number of epoxide rings is 1. The van der Waals surface area contributed by atoms with E-state index >= 15 is 0 Å². The van der Waals surface area contributed by atoms with E-state index in [-0.39, 0.29) is 5.41 Å². The Labute approximate surface area is 179 Å². The highest BCUT2D eigenvalue weighted by Crippen LogP contribution is 2.70. The Morgan fingerprint density at radius 1 is 0.897 bits per heavy atom. The van der Waals surface area contributed by atoms with Crippen molar-refractivity contribution in [2.24, 2.45) is 46.3 Å². The standard InChI is InChI=1S/C27H46O2/c1-17(2)7-6-8-18(3)20-9-10-21-19-11-14-27(28)16-24-23(29-24)15-26(27,5)22(19)12-13-25(20,21)4/h17-24,28H,6-16H2,1-5H3/t18-,19?,20?,21?,22?,23-,24+,25?,26?,27-/m1/s1. The number of rotatable bonds is 5. The van der Waals surface area contributed by atoms with Crippen molar-refractivity contribution in [3.05, 3.63) is 0 Å². The van der Waals surface area contributed by atoms with Crippen molar-refractivity contribution >= 4 is 0 Å². The molecule has 0 aromatic carbocycles. The van der Waals surface area contributed by atoms with Gasteiger partial charge in [-0.15, -0.1) is 0 Å². The van der Waals surface area contributed by atoms with Crippen LogP contribution in [-0.4, -0.2) is 22.9 Å². The van der Waals surface area contributed by atoms with E-state index in [1.54, 1.807) is 0 Å². The van der Waals surface area contributed by atoms with Gasteiger partial charge in [0.1, 0.15) is 0 Å². The van der Waals surface area contributed by atoms with E-state index in [0.717, 1.165) is 54.8 Å². The molecular formula is C27H46O2. The highest BCUT2D eigenvalue weighted by Gasteiger charge is 2.68. The molecule has 166 valence electrons. The van der Waals surface area contributed by atoms with Gasteiger partial charge in [-0.3, -0.25) is 0 Å². The van der Waals surface area contributed by atoms with E-state index in [2.05, 4.69) is 34.6 Å². The van der Waals surface area contributed by atoms with Gasteiger partial charge >= 0.3 is 0 Å². The molecule has 1 heterocycles. The van der Waals surface area contributed by atoms with Crippen LogP contribution in [0.3, 0.4) is 0 Å². The summed E-state index contributed by atoms with van der Waals surface area (Å²) >= 11 is 0. The second-order valence-corrected chi connectivity index (χ2v) is 13.0. The van der Waals surface area contributed by atoms with E-state index in [0.29, 0.717) is 17.6 Å². The van der Waals surface area contributed by atoms with Crippen LogP contribution >= 0.6 is 0 Å². The molecule has 0 spiro atoms. The Bertz CT molecular complexity index is 630. The maximum atomic E-state index is 11.7. The van der Waals surface area contributed by atoms with Gasteiger partial charge in [0, 0.05) is 11.8 Å². The Morgan fingerprint density at radius 2 is 1.66 bits per heavy atom. The number of hydrogen-bond donors (Lipinski definition) is 1. The third kappa shape index (κ3) is 3.09. The van der Waals surface area contributed by atoms with E-state index in [1.807, 2.05) is 0 Å². The minimum atomic E-state index is -0.457. The van der Waals surface area contributed by atoms with Gasteiger partial charge in [-0.2, -0.15) is 0 Å². The summed E-state index contributed by atoms with van der Waals surface area (Å²) in [7, 11) is 0. The number of ether oxygens (including phenoxy) is 1. The Morgan fingerprint density at radius 3 is 2.41 bits per heavy atom. The van der Waals surface area contributed by atoms with Crippen LogP contribution in [0, 0.1) is 46.3 Å². The molecular weight excluding hydrogens is 356 g/mol. The minimum Gasteiger partial charge on any atom is -0.389 e. The molecule has 0 radical (unpaired) electrons. The van der Waals surface area contributed by atoms with Crippen molar-refractivity contribution in [1.29, 1.82) is 0 Å². The highest BCUT2D eigenvalue weighted by molar-refractivity contribution is 5.18. The smallest absolute Gasteiger partial charge is 0.0869 e. The topological polar surface area (TPSA) is 32.8 Å². The number of fused-ring (bicyclic) bond motifs is 6. The Hall–Kier alpha value is -0.0800. The maximum absolute atomic E-state index is 11.7. The zero-order valence-corrected chi connectivity index (χ0v) is 19.8. The lowest BCUT2D eigenvalue weighted by Crippen LogP contribution is -2.62. The van der Waals surface area contributed by atoms with Crippen molar-refractivity contribution in [1.82, 2.24) is 0 Å². The molecule has 5 aliphatic rings. The van der Waals surface area contributed by atoms with Crippen LogP contribution in [0.1, 0.15) is 105 Å². The van der Waals surface area contributed by atoms with Crippen molar-refractivity contribution in [3.8, 4) is 0 Å². The lowest BCUT2D eigenvalue weighted by Gasteiger charge is -2.63. The maximum Gasteiger partial charge on any atom is 0.0869 e. The summed E-state index contributed by atoms with van der Waals surface area (Å²) in [4.78, 5) is 0. The molecule has 10 atom stereocenters. The third-order valence-electron chi connectivity index (χ3n) is 11.3. The fourth-order valence-electron chi connectivity index (χ4n) is 9.51. The Kier molecular flexibility index (Phi) is 4.99. The molecule has 0 aromatic rings. The van der Waals surface area contributed by atoms with Crippen molar-refractivity contribution in [3.63, 3.8) is 0 Å². The molecule has 0 aromatic heterocycles. The molecule has 1 aliphatic heterocycles. The van der Waals surface area contributed by atoms with Gasteiger partial charge in [0.2, 0.25) is 0 Å². The molecule has 2 nitrogen and oxygen atoms in total. The first kappa shape index (κ1) is 20.8. The van der Waals surface area contributed by atoms with Gasteiger partial charge in [0.25, 0.3) is 0 Å². The largest absolute Gasteiger partial charge is 0.389 e. The second-order valence-electron chi connectivity index (χ2n) is 13.0. The monoisotopic (exact) mass is 402 g/mol. The fourth-order valence-corrected chi connectivity index (χ4v) is 9.51. The molecule has 4 aliphatic carbocycles. The van der Waals surface area contributed by atoms with Gasteiger partial charge in [-0.1, -0.05) is 53.9 Å². The molecule has 0 amide bonds. The predicted molar refractivity (Wildman–Crippen MR) is 119 cm³/mol. The molecule has 1 saturated heterocycles. The van der Waals surface area contributed by atoms with Gasteiger partial charge < -0.3 is 9.84 Å². The van der Waals surface area contributed by atoms with Crippen LogP contribution in [0.15, 0.2) is 0 Å². The molecule has 29 heavy (non-hydrogen) atoms. The summed E-state index contributed by atoms with van der Waals surface area (Å²) in [6.07, 6.45) is 15.1. The molecule has 6 unspecified atom stereocenters. The normalized spacial score (nSPS) is 54.3. The predicted octanol–water partition coefficient (Wildman–Crippen LogP) is 6.60.